The first-order chi connectivity index (χ1) is 16.3. The maximum absolute atomic E-state index is 12.9. The molecule has 1 aliphatic rings. The molecule has 1 amide bonds. The summed E-state index contributed by atoms with van der Waals surface area (Å²) < 4.78 is 31.9. The van der Waals surface area contributed by atoms with E-state index >= 15 is 0 Å². The number of carbonyl (C=O) groups is 2. The van der Waals surface area contributed by atoms with E-state index in [0.717, 1.165) is 18.4 Å². The van der Waals surface area contributed by atoms with Crippen LogP contribution in [0.25, 0.3) is 11.3 Å². The monoisotopic (exact) mass is 499 g/mol. The van der Waals surface area contributed by atoms with Crippen molar-refractivity contribution in [2.24, 2.45) is 5.92 Å². The third-order valence-corrected chi connectivity index (χ3v) is 8.49. The zero-order chi connectivity index (χ0) is 24.3. The minimum absolute atomic E-state index is 0.186. The van der Waals surface area contributed by atoms with Crippen LogP contribution in [-0.2, 0) is 14.8 Å². The summed E-state index contributed by atoms with van der Waals surface area (Å²) in [5.74, 6) is -0.261. The number of sulfonamides is 1. The number of hydrogen-bond donors (Lipinski definition) is 1. The van der Waals surface area contributed by atoms with Crippen molar-refractivity contribution >= 4 is 38.4 Å². The predicted molar refractivity (Wildman–Crippen MR) is 130 cm³/mol. The zero-order valence-electron chi connectivity index (χ0n) is 18.9. The molecule has 2 aromatic carbocycles. The van der Waals surface area contributed by atoms with Gasteiger partial charge in [0.05, 0.1) is 23.3 Å². The molecule has 1 N–H and O–H groups in total. The van der Waals surface area contributed by atoms with E-state index in [2.05, 4.69) is 17.2 Å². The van der Waals surface area contributed by atoms with Gasteiger partial charge in [0, 0.05) is 29.6 Å². The van der Waals surface area contributed by atoms with Crippen LogP contribution in [-0.4, -0.2) is 49.8 Å². The van der Waals surface area contributed by atoms with E-state index in [9.17, 15) is 18.0 Å². The van der Waals surface area contributed by atoms with Gasteiger partial charge in [0.25, 0.3) is 5.91 Å². The van der Waals surface area contributed by atoms with E-state index in [0.29, 0.717) is 41.0 Å². The maximum atomic E-state index is 12.9. The lowest BCUT2D eigenvalue weighted by molar-refractivity contribution is 0.0600. The molecule has 0 spiro atoms. The SMILES string of the molecule is COC(=O)c1ccc(-c2csc(NC(=O)c3ccc(S(=O)(=O)N4CCC(C)CC4)cc3)n2)cc1. The molecule has 3 aromatic rings. The Morgan fingerprint density at radius 3 is 2.26 bits per heavy atom. The van der Waals surface area contributed by atoms with Crippen LogP contribution in [0.4, 0.5) is 5.13 Å². The molecule has 1 saturated heterocycles. The van der Waals surface area contributed by atoms with Crippen LogP contribution >= 0.6 is 11.3 Å². The Morgan fingerprint density at radius 2 is 1.65 bits per heavy atom. The highest BCUT2D eigenvalue weighted by Crippen LogP contribution is 2.27. The Kier molecular flexibility index (Phi) is 7.11. The summed E-state index contributed by atoms with van der Waals surface area (Å²) in [6.45, 7) is 3.16. The quantitative estimate of drug-likeness (QED) is 0.508. The Labute approximate surface area is 202 Å². The first kappa shape index (κ1) is 24.1. The normalized spacial score (nSPS) is 15.1. The summed E-state index contributed by atoms with van der Waals surface area (Å²) in [5.41, 5.74) is 2.24. The van der Waals surface area contributed by atoms with Gasteiger partial charge >= 0.3 is 5.97 Å². The molecule has 1 aliphatic heterocycles. The van der Waals surface area contributed by atoms with Crippen molar-refractivity contribution in [1.82, 2.24) is 9.29 Å². The van der Waals surface area contributed by atoms with Crippen LogP contribution in [0, 0.1) is 5.92 Å². The number of thiazole rings is 1. The average Bonchev–Trinajstić information content (AvgIpc) is 3.32. The standard InChI is InChI=1S/C24H25N3O5S2/c1-16-11-13-27(14-12-16)34(30,31)20-9-7-18(8-10-20)22(28)26-24-25-21(15-33-24)17-3-5-19(6-4-17)23(29)32-2/h3-10,15-16H,11-14H2,1-2H3,(H,25,26,28). The van der Waals surface area contributed by atoms with Gasteiger partial charge in [-0.1, -0.05) is 19.1 Å². The number of ether oxygens (including phenoxy) is 1. The van der Waals surface area contributed by atoms with Crippen molar-refractivity contribution in [1.29, 1.82) is 0 Å². The molecule has 0 aliphatic carbocycles. The van der Waals surface area contributed by atoms with Gasteiger partial charge in [-0.15, -0.1) is 11.3 Å². The molecule has 34 heavy (non-hydrogen) atoms. The van der Waals surface area contributed by atoms with Crippen molar-refractivity contribution in [3.63, 3.8) is 0 Å². The smallest absolute Gasteiger partial charge is 0.337 e. The number of benzene rings is 2. The summed E-state index contributed by atoms with van der Waals surface area (Å²) in [6, 6.07) is 12.8. The molecule has 0 saturated carbocycles. The number of hydrogen-bond acceptors (Lipinski definition) is 7. The highest BCUT2D eigenvalue weighted by molar-refractivity contribution is 7.89. The molecule has 0 atom stereocenters. The molecule has 8 nitrogen and oxygen atoms in total. The molecule has 0 radical (unpaired) electrons. The first-order valence-electron chi connectivity index (χ1n) is 10.8. The maximum Gasteiger partial charge on any atom is 0.337 e. The van der Waals surface area contributed by atoms with Gasteiger partial charge in [0.2, 0.25) is 10.0 Å². The number of methoxy groups -OCH3 is 1. The van der Waals surface area contributed by atoms with Gasteiger partial charge in [-0.3, -0.25) is 10.1 Å². The van der Waals surface area contributed by atoms with E-state index in [4.69, 9.17) is 4.74 Å². The predicted octanol–water partition coefficient (Wildman–Crippen LogP) is 4.27. The van der Waals surface area contributed by atoms with E-state index in [-0.39, 0.29) is 10.8 Å². The van der Waals surface area contributed by atoms with Gasteiger partial charge in [-0.05, 0) is 55.2 Å². The molecule has 2 heterocycles. The van der Waals surface area contributed by atoms with E-state index in [1.165, 1.54) is 47.0 Å². The van der Waals surface area contributed by atoms with Crippen LogP contribution < -0.4 is 5.32 Å². The number of rotatable bonds is 6. The molecule has 1 aromatic heterocycles. The zero-order valence-corrected chi connectivity index (χ0v) is 20.5. The highest BCUT2D eigenvalue weighted by Gasteiger charge is 2.28. The number of aromatic nitrogens is 1. The second-order valence-corrected chi connectivity index (χ2v) is 11.0. The Morgan fingerprint density at radius 1 is 1.03 bits per heavy atom. The van der Waals surface area contributed by atoms with Crippen LogP contribution in [0.1, 0.15) is 40.5 Å². The van der Waals surface area contributed by atoms with E-state index in [1.54, 1.807) is 29.6 Å². The molecular formula is C24H25N3O5S2. The van der Waals surface area contributed by atoms with Crippen LogP contribution in [0.5, 0.6) is 0 Å². The van der Waals surface area contributed by atoms with E-state index < -0.39 is 16.0 Å². The number of carbonyl (C=O) groups excluding carboxylic acids is 2. The first-order valence-corrected chi connectivity index (χ1v) is 13.2. The molecular weight excluding hydrogens is 474 g/mol. The van der Waals surface area contributed by atoms with Gasteiger partial charge in [-0.25, -0.2) is 18.2 Å². The number of esters is 1. The number of nitrogens with one attached hydrogen (secondary N) is 1. The second-order valence-electron chi connectivity index (χ2n) is 8.17. The fourth-order valence-corrected chi connectivity index (χ4v) is 5.86. The summed E-state index contributed by atoms with van der Waals surface area (Å²) in [6.07, 6.45) is 1.70. The molecule has 10 heteroatoms. The topological polar surface area (TPSA) is 106 Å². The fraction of sp³-hybridized carbons (Fsp3) is 0.292. The number of nitrogens with zero attached hydrogens (tertiary/aromatic N) is 2. The summed E-state index contributed by atoms with van der Waals surface area (Å²) >= 11 is 1.27. The third-order valence-electron chi connectivity index (χ3n) is 5.82. The Hall–Kier alpha value is -3.08. The minimum atomic E-state index is -3.56. The molecule has 4 rings (SSSR count). The van der Waals surface area contributed by atoms with Gasteiger partial charge in [0.15, 0.2) is 5.13 Å². The summed E-state index contributed by atoms with van der Waals surface area (Å²) in [7, 11) is -2.24. The third kappa shape index (κ3) is 5.19. The van der Waals surface area contributed by atoms with Crippen LogP contribution in [0.2, 0.25) is 0 Å². The van der Waals surface area contributed by atoms with Crippen molar-refractivity contribution in [3.05, 3.63) is 65.0 Å². The Bertz CT molecular complexity index is 1280. The van der Waals surface area contributed by atoms with Crippen molar-refractivity contribution in [3.8, 4) is 11.3 Å². The minimum Gasteiger partial charge on any atom is -0.465 e. The lowest BCUT2D eigenvalue weighted by Crippen LogP contribution is -2.37. The number of amides is 1. The summed E-state index contributed by atoms with van der Waals surface area (Å²) in [5, 5.41) is 4.96. The van der Waals surface area contributed by atoms with Crippen molar-refractivity contribution in [2.45, 2.75) is 24.7 Å². The molecule has 178 valence electrons. The van der Waals surface area contributed by atoms with Gasteiger partial charge < -0.3 is 4.74 Å². The van der Waals surface area contributed by atoms with E-state index in [1.807, 2.05) is 0 Å². The molecule has 1 fully saturated rings. The van der Waals surface area contributed by atoms with Crippen LogP contribution in [0.15, 0.2) is 58.8 Å². The van der Waals surface area contributed by atoms with Crippen molar-refractivity contribution in [2.75, 3.05) is 25.5 Å². The van der Waals surface area contributed by atoms with Gasteiger partial charge in [-0.2, -0.15) is 4.31 Å². The second kappa shape index (κ2) is 10.0. The van der Waals surface area contributed by atoms with Crippen molar-refractivity contribution < 1.29 is 22.7 Å². The number of anilines is 1. The van der Waals surface area contributed by atoms with Gasteiger partial charge in [0.1, 0.15) is 0 Å². The highest BCUT2D eigenvalue weighted by atomic mass is 32.2. The fourth-order valence-electron chi connectivity index (χ4n) is 3.68. The molecule has 0 bridgehead atoms. The summed E-state index contributed by atoms with van der Waals surface area (Å²) in [4.78, 5) is 28.8. The largest absolute Gasteiger partial charge is 0.465 e. The lowest BCUT2D eigenvalue weighted by Gasteiger charge is -2.29. The molecule has 0 unspecified atom stereocenters. The average molecular weight is 500 g/mol. The van der Waals surface area contributed by atoms with Crippen LogP contribution in [0.3, 0.4) is 0 Å². The Balaban J connectivity index is 1.41. The lowest BCUT2D eigenvalue weighted by atomic mass is 10.0. The number of piperidine rings is 1.